The summed E-state index contributed by atoms with van der Waals surface area (Å²) in [6, 6.07) is 14.8. The van der Waals surface area contributed by atoms with Crippen LogP contribution in [0.4, 0.5) is 16.2 Å². The molecule has 0 spiro atoms. The number of amides is 3. The number of imide groups is 1. The summed E-state index contributed by atoms with van der Waals surface area (Å²) in [4.78, 5) is 40.9. The molecule has 1 N–H and O–H groups in total. The molecule has 0 saturated carbocycles. The highest BCUT2D eigenvalue weighted by Crippen LogP contribution is 2.32. The van der Waals surface area contributed by atoms with Gasteiger partial charge in [-0.1, -0.05) is 35.9 Å². The second-order valence-electron chi connectivity index (χ2n) is 7.44. The summed E-state index contributed by atoms with van der Waals surface area (Å²) in [5.41, 5.74) is 2.44. The van der Waals surface area contributed by atoms with Crippen LogP contribution in [0.5, 0.6) is 0 Å². The number of thioether (sulfide) groups is 1. The number of hydrogen-bond acceptors (Lipinski definition) is 5. The van der Waals surface area contributed by atoms with E-state index in [0.717, 1.165) is 35.3 Å². The zero-order valence-electron chi connectivity index (χ0n) is 16.8. The molecule has 4 rings (SSSR count). The van der Waals surface area contributed by atoms with Crippen LogP contribution in [0.2, 0.25) is 5.02 Å². The fraction of sp³-hybridized carbons (Fsp3) is 0.261. The van der Waals surface area contributed by atoms with Gasteiger partial charge in [0.1, 0.15) is 6.54 Å². The van der Waals surface area contributed by atoms with Crippen molar-refractivity contribution in [3.63, 3.8) is 0 Å². The molecule has 6 nitrogen and oxygen atoms in total. The zero-order valence-corrected chi connectivity index (χ0v) is 18.4. The highest BCUT2D eigenvalue weighted by Gasteiger charge is 2.36. The Morgan fingerprint density at radius 1 is 1.03 bits per heavy atom. The quantitative estimate of drug-likeness (QED) is 0.642. The summed E-state index contributed by atoms with van der Waals surface area (Å²) in [6.45, 7) is 1.77. The largest absolute Gasteiger partial charge is 0.372 e. The van der Waals surface area contributed by atoms with Crippen LogP contribution in [0.1, 0.15) is 24.8 Å². The number of nitrogens with zero attached hydrogens (tertiary/aromatic N) is 2. The van der Waals surface area contributed by atoms with Crippen LogP contribution in [-0.2, 0) is 9.59 Å². The third-order valence-corrected chi connectivity index (χ3v) is 6.47. The fourth-order valence-corrected chi connectivity index (χ4v) is 4.64. The highest BCUT2D eigenvalue weighted by atomic mass is 35.5. The molecule has 8 heteroatoms. The Morgan fingerprint density at radius 3 is 2.45 bits per heavy atom. The monoisotopic (exact) mass is 455 g/mol. The minimum Gasteiger partial charge on any atom is -0.372 e. The van der Waals surface area contributed by atoms with E-state index in [-0.39, 0.29) is 6.54 Å². The Kier molecular flexibility index (Phi) is 6.63. The van der Waals surface area contributed by atoms with Gasteiger partial charge >= 0.3 is 0 Å². The van der Waals surface area contributed by atoms with E-state index in [2.05, 4.69) is 10.2 Å². The van der Waals surface area contributed by atoms with Crippen molar-refractivity contribution in [2.75, 3.05) is 29.9 Å². The van der Waals surface area contributed by atoms with Crippen molar-refractivity contribution in [2.24, 2.45) is 0 Å². The van der Waals surface area contributed by atoms with Gasteiger partial charge in [0.05, 0.1) is 15.6 Å². The summed E-state index contributed by atoms with van der Waals surface area (Å²) in [7, 11) is 0. The highest BCUT2D eigenvalue weighted by molar-refractivity contribution is 8.18. The second kappa shape index (κ2) is 9.58. The molecule has 2 aromatic carbocycles. The third kappa shape index (κ3) is 5.11. The van der Waals surface area contributed by atoms with Crippen LogP contribution in [0.15, 0.2) is 53.4 Å². The van der Waals surface area contributed by atoms with Crippen LogP contribution < -0.4 is 10.2 Å². The van der Waals surface area contributed by atoms with E-state index < -0.39 is 17.1 Å². The van der Waals surface area contributed by atoms with Crippen LogP contribution in [0, 0.1) is 0 Å². The lowest BCUT2D eigenvalue weighted by Crippen LogP contribution is -2.36. The fourth-order valence-electron chi connectivity index (χ4n) is 3.62. The molecule has 3 amide bonds. The molecule has 0 unspecified atom stereocenters. The van der Waals surface area contributed by atoms with Crippen LogP contribution in [-0.4, -0.2) is 41.6 Å². The average molecular weight is 456 g/mol. The van der Waals surface area contributed by atoms with Gasteiger partial charge in [0.15, 0.2) is 0 Å². The van der Waals surface area contributed by atoms with E-state index in [4.69, 9.17) is 11.6 Å². The predicted molar refractivity (Wildman–Crippen MR) is 125 cm³/mol. The van der Waals surface area contributed by atoms with Crippen LogP contribution >= 0.6 is 23.4 Å². The van der Waals surface area contributed by atoms with Gasteiger partial charge in [0.25, 0.3) is 11.1 Å². The molecule has 0 aromatic heterocycles. The van der Waals surface area contributed by atoms with Crippen LogP contribution in [0.3, 0.4) is 0 Å². The first-order valence-corrected chi connectivity index (χ1v) is 11.4. The van der Waals surface area contributed by atoms with Crippen molar-refractivity contribution in [2.45, 2.75) is 19.3 Å². The van der Waals surface area contributed by atoms with Gasteiger partial charge in [-0.15, -0.1) is 0 Å². The van der Waals surface area contributed by atoms with Crippen molar-refractivity contribution < 1.29 is 14.4 Å². The van der Waals surface area contributed by atoms with Crippen LogP contribution in [0.25, 0.3) is 6.08 Å². The SMILES string of the molecule is O=C(CN1C(=O)S/C(=C/c2ccc(N3CCCCC3)cc2)C1=O)Nc1ccccc1Cl. The lowest BCUT2D eigenvalue weighted by molar-refractivity contribution is -0.127. The molecule has 2 fully saturated rings. The number of carbonyl (C=O) groups is 3. The number of rotatable bonds is 5. The van der Waals surface area contributed by atoms with Crippen molar-refractivity contribution in [1.82, 2.24) is 4.90 Å². The van der Waals surface area contributed by atoms with E-state index in [1.165, 1.54) is 24.9 Å². The predicted octanol–water partition coefficient (Wildman–Crippen LogP) is 5.01. The molecule has 0 atom stereocenters. The lowest BCUT2D eigenvalue weighted by atomic mass is 10.1. The molecule has 31 heavy (non-hydrogen) atoms. The molecule has 2 aromatic rings. The molecule has 2 heterocycles. The Bertz CT molecular complexity index is 1030. The minimum atomic E-state index is -0.484. The number of halogens is 1. The van der Waals surface area contributed by atoms with Gasteiger partial charge in [0.2, 0.25) is 5.91 Å². The van der Waals surface area contributed by atoms with E-state index in [1.54, 1.807) is 30.3 Å². The first-order chi connectivity index (χ1) is 15.0. The molecule has 2 saturated heterocycles. The van der Waals surface area contributed by atoms with Gasteiger partial charge in [-0.05, 0) is 66.9 Å². The topological polar surface area (TPSA) is 69.7 Å². The molecule has 0 radical (unpaired) electrons. The smallest absolute Gasteiger partial charge is 0.294 e. The standard InChI is InChI=1S/C23H22ClN3O3S/c24-18-6-2-3-7-19(18)25-21(28)15-27-22(29)20(31-23(27)30)14-16-8-10-17(11-9-16)26-12-4-1-5-13-26/h2-3,6-11,14H,1,4-5,12-13,15H2,(H,25,28)/b20-14+. The van der Waals surface area contributed by atoms with Crippen molar-refractivity contribution in [1.29, 1.82) is 0 Å². The molecule has 2 aliphatic heterocycles. The van der Waals surface area contributed by atoms with Gasteiger partial charge in [-0.2, -0.15) is 0 Å². The van der Waals surface area contributed by atoms with E-state index in [9.17, 15) is 14.4 Å². The Hall–Kier alpha value is -2.77. The maximum Gasteiger partial charge on any atom is 0.294 e. The zero-order chi connectivity index (χ0) is 21.8. The summed E-state index contributed by atoms with van der Waals surface area (Å²) in [6.07, 6.45) is 5.38. The van der Waals surface area contributed by atoms with Gasteiger partial charge in [-0.25, -0.2) is 0 Å². The van der Waals surface area contributed by atoms with E-state index in [0.29, 0.717) is 15.6 Å². The van der Waals surface area contributed by atoms with Crippen molar-refractivity contribution >= 4 is 57.9 Å². The number of para-hydroxylation sites is 1. The minimum absolute atomic E-state index is 0.307. The Morgan fingerprint density at radius 2 is 1.74 bits per heavy atom. The Balaban J connectivity index is 1.41. The molecule has 160 valence electrons. The normalized spacial score (nSPS) is 18.0. The second-order valence-corrected chi connectivity index (χ2v) is 8.84. The number of piperidine rings is 1. The first kappa shape index (κ1) is 21.5. The maximum absolute atomic E-state index is 12.7. The van der Waals surface area contributed by atoms with Crippen molar-refractivity contribution in [3.05, 3.63) is 64.0 Å². The molecule has 0 aliphatic carbocycles. The van der Waals surface area contributed by atoms with Crippen molar-refractivity contribution in [3.8, 4) is 0 Å². The molecular weight excluding hydrogens is 434 g/mol. The van der Waals surface area contributed by atoms with Gasteiger partial charge in [-0.3, -0.25) is 19.3 Å². The first-order valence-electron chi connectivity index (χ1n) is 10.2. The number of carbonyl (C=O) groups excluding carboxylic acids is 3. The number of benzene rings is 2. The lowest BCUT2D eigenvalue weighted by Gasteiger charge is -2.28. The Labute approximate surface area is 190 Å². The maximum atomic E-state index is 12.7. The summed E-state index contributed by atoms with van der Waals surface area (Å²) in [5.74, 6) is -0.952. The molecule has 0 bridgehead atoms. The molecule has 2 aliphatic rings. The van der Waals surface area contributed by atoms with Gasteiger partial charge in [0, 0.05) is 18.8 Å². The summed E-state index contributed by atoms with van der Waals surface area (Å²) >= 11 is 6.88. The number of nitrogens with one attached hydrogen (secondary N) is 1. The third-order valence-electron chi connectivity index (χ3n) is 5.24. The van der Waals surface area contributed by atoms with E-state index >= 15 is 0 Å². The molecular formula is C23H22ClN3O3S. The summed E-state index contributed by atoms with van der Waals surface area (Å²) < 4.78 is 0. The van der Waals surface area contributed by atoms with Gasteiger partial charge < -0.3 is 10.2 Å². The van der Waals surface area contributed by atoms with E-state index in [1.807, 2.05) is 24.3 Å². The number of anilines is 2. The average Bonchev–Trinajstić information content (AvgIpc) is 3.04. The summed E-state index contributed by atoms with van der Waals surface area (Å²) in [5, 5.41) is 2.55. The number of hydrogen-bond donors (Lipinski definition) is 1.